The number of nitrogens with zero attached hydrogens (tertiary/aromatic N) is 2. The van der Waals surface area contributed by atoms with Crippen molar-refractivity contribution < 1.29 is 9.21 Å². The maximum absolute atomic E-state index is 12.2. The Labute approximate surface area is 114 Å². The molecule has 5 heteroatoms. The van der Waals surface area contributed by atoms with Gasteiger partial charge in [-0.25, -0.2) is 0 Å². The average molecular weight is 265 g/mol. The summed E-state index contributed by atoms with van der Waals surface area (Å²) >= 11 is 0. The van der Waals surface area contributed by atoms with Gasteiger partial charge in [0.05, 0.1) is 6.26 Å². The van der Waals surface area contributed by atoms with E-state index in [4.69, 9.17) is 4.42 Å². The third-order valence-corrected chi connectivity index (χ3v) is 3.65. The summed E-state index contributed by atoms with van der Waals surface area (Å²) in [4.78, 5) is 16.2. The molecule has 1 fully saturated rings. The van der Waals surface area contributed by atoms with Crippen LogP contribution in [0.3, 0.4) is 0 Å². The third-order valence-electron chi connectivity index (χ3n) is 3.65. The predicted octanol–water partition coefficient (Wildman–Crippen LogP) is 0.573. The molecule has 1 amide bonds. The second-order valence-corrected chi connectivity index (χ2v) is 5.32. The van der Waals surface area contributed by atoms with Crippen LogP contribution in [0.15, 0.2) is 22.8 Å². The van der Waals surface area contributed by atoms with Crippen molar-refractivity contribution in [1.82, 2.24) is 15.1 Å². The molecule has 1 saturated heterocycles. The fourth-order valence-corrected chi connectivity index (χ4v) is 2.61. The highest BCUT2D eigenvalue weighted by molar-refractivity contribution is 5.81. The number of carbonyl (C=O) groups is 1. The van der Waals surface area contributed by atoms with Crippen molar-refractivity contribution in [3.8, 4) is 0 Å². The molecule has 0 spiro atoms. The minimum absolute atomic E-state index is 0.0753. The van der Waals surface area contributed by atoms with E-state index in [-0.39, 0.29) is 11.9 Å². The molecular weight excluding hydrogens is 242 g/mol. The lowest BCUT2D eigenvalue weighted by molar-refractivity contribution is -0.136. The largest absolute Gasteiger partial charge is 0.469 e. The van der Waals surface area contributed by atoms with Crippen molar-refractivity contribution in [2.45, 2.75) is 25.4 Å². The van der Waals surface area contributed by atoms with Gasteiger partial charge in [0.1, 0.15) is 11.8 Å². The van der Waals surface area contributed by atoms with Crippen molar-refractivity contribution in [3.05, 3.63) is 24.2 Å². The van der Waals surface area contributed by atoms with Gasteiger partial charge >= 0.3 is 0 Å². The van der Waals surface area contributed by atoms with Crippen LogP contribution in [0, 0.1) is 0 Å². The van der Waals surface area contributed by atoms with Crippen LogP contribution in [0.1, 0.15) is 12.7 Å². The van der Waals surface area contributed by atoms with E-state index < -0.39 is 0 Å². The van der Waals surface area contributed by atoms with Gasteiger partial charge in [-0.05, 0) is 19.1 Å². The Morgan fingerprint density at radius 1 is 1.63 bits per heavy atom. The molecule has 0 radical (unpaired) electrons. The van der Waals surface area contributed by atoms with Gasteiger partial charge in [0.2, 0.25) is 5.91 Å². The molecule has 106 valence electrons. The zero-order valence-corrected chi connectivity index (χ0v) is 11.9. The van der Waals surface area contributed by atoms with Crippen LogP contribution in [0.25, 0.3) is 0 Å². The molecule has 2 rings (SSSR count). The van der Waals surface area contributed by atoms with Crippen molar-refractivity contribution >= 4 is 5.91 Å². The minimum atomic E-state index is -0.0753. The first kappa shape index (κ1) is 14.1. The molecule has 5 nitrogen and oxygen atoms in total. The van der Waals surface area contributed by atoms with Crippen LogP contribution in [0.2, 0.25) is 0 Å². The summed E-state index contributed by atoms with van der Waals surface area (Å²) in [5, 5.41) is 3.30. The van der Waals surface area contributed by atoms with Gasteiger partial charge in [0, 0.05) is 46.2 Å². The van der Waals surface area contributed by atoms with Gasteiger partial charge < -0.3 is 14.6 Å². The van der Waals surface area contributed by atoms with Crippen LogP contribution in [-0.2, 0) is 11.2 Å². The Hall–Kier alpha value is -1.33. The summed E-state index contributed by atoms with van der Waals surface area (Å²) in [6.45, 7) is 4.70. The molecule has 0 aliphatic carbocycles. The quantitative estimate of drug-likeness (QED) is 0.865. The predicted molar refractivity (Wildman–Crippen MR) is 73.9 cm³/mol. The van der Waals surface area contributed by atoms with Gasteiger partial charge in [-0.1, -0.05) is 0 Å². The first-order valence-corrected chi connectivity index (χ1v) is 6.79. The van der Waals surface area contributed by atoms with E-state index in [9.17, 15) is 4.79 Å². The summed E-state index contributed by atoms with van der Waals surface area (Å²) < 4.78 is 5.40. The smallest absolute Gasteiger partial charge is 0.240 e. The number of likely N-dealkylation sites (N-methyl/N-ethyl adjacent to an activating group) is 1. The first-order valence-electron chi connectivity index (χ1n) is 6.79. The molecule has 2 heterocycles. The standard InChI is InChI=1S/C14H23N3O2/c1-11(9-12-5-4-8-19-12)17-7-6-15-10-13(17)14(18)16(2)3/h4-5,8,11,13,15H,6-7,9-10H2,1-3H3. The molecule has 1 aliphatic heterocycles. The zero-order valence-electron chi connectivity index (χ0n) is 11.9. The van der Waals surface area contributed by atoms with E-state index >= 15 is 0 Å². The second kappa shape index (κ2) is 6.21. The molecule has 19 heavy (non-hydrogen) atoms. The highest BCUT2D eigenvalue weighted by Gasteiger charge is 2.32. The van der Waals surface area contributed by atoms with Gasteiger partial charge in [-0.2, -0.15) is 0 Å². The number of hydrogen-bond acceptors (Lipinski definition) is 4. The molecule has 0 saturated carbocycles. The van der Waals surface area contributed by atoms with E-state index in [0.29, 0.717) is 6.04 Å². The SMILES string of the molecule is CC(Cc1ccco1)N1CCNCC1C(=O)N(C)C. The lowest BCUT2D eigenvalue weighted by Crippen LogP contribution is -2.60. The summed E-state index contributed by atoms with van der Waals surface area (Å²) in [6, 6.07) is 4.11. The topological polar surface area (TPSA) is 48.7 Å². The summed E-state index contributed by atoms with van der Waals surface area (Å²) in [5.74, 6) is 1.14. The van der Waals surface area contributed by atoms with E-state index in [1.807, 2.05) is 26.2 Å². The molecule has 1 aromatic rings. The second-order valence-electron chi connectivity index (χ2n) is 5.32. The molecule has 0 bridgehead atoms. The van der Waals surface area contributed by atoms with Crippen LogP contribution < -0.4 is 5.32 Å². The van der Waals surface area contributed by atoms with Crippen molar-refractivity contribution in [2.24, 2.45) is 0 Å². The molecule has 1 aliphatic rings. The lowest BCUT2D eigenvalue weighted by Gasteiger charge is -2.40. The Bertz CT molecular complexity index is 403. The van der Waals surface area contributed by atoms with Gasteiger partial charge in [-0.15, -0.1) is 0 Å². The maximum atomic E-state index is 12.2. The third kappa shape index (κ3) is 3.36. The van der Waals surface area contributed by atoms with Crippen LogP contribution >= 0.6 is 0 Å². The fourth-order valence-electron chi connectivity index (χ4n) is 2.61. The van der Waals surface area contributed by atoms with E-state index in [1.165, 1.54) is 0 Å². The number of piperazine rings is 1. The highest BCUT2D eigenvalue weighted by atomic mass is 16.3. The Morgan fingerprint density at radius 3 is 3.05 bits per heavy atom. The molecule has 2 atom stereocenters. The number of rotatable bonds is 4. The average Bonchev–Trinajstić information content (AvgIpc) is 2.90. The summed E-state index contributed by atoms with van der Waals surface area (Å²) in [6.07, 6.45) is 2.53. The van der Waals surface area contributed by atoms with E-state index in [1.54, 1.807) is 11.2 Å². The number of furan rings is 1. The van der Waals surface area contributed by atoms with Gasteiger partial charge in [0.25, 0.3) is 0 Å². The molecule has 2 unspecified atom stereocenters. The van der Waals surface area contributed by atoms with Crippen molar-refractivity contribution in [3.63, 3.8) is 0 Å². The molecular formula is C14H23N3O2. The van der Waals surface area contributed by atoms with E-state index in [0.717, 1.165) is 31.8 Å². The number of amides is 1. The normalized spacial score (nSPS) is 22.2. The van der Waals surface area contributed by atoms with E-state index in [2.05, 4.69) is 17.1 Å². The van der Waals surface area contributed by atoms with Crippen molar-refractivity contribution in [1.29, 1.82) is 0 Å². The Kier molecular flexibility index (Phi) is 4.61. The van der Waals surface area contributed by atoms with Crippen LogP contribution in [0.5, 0.6) is 0 Å². The molecule has 1 aromatic heterocycles. The number of hydrogen-bond donors (Lipinski definition) is 1. The zero-order chi connectivity index (χ0) is 13.8. The van der Waals surface area contributed by atoms with Gasteiger partial charge in [-0.3, -0.25) is 9.69 Å². The Morgan fingerprint density at radius 2 is 2.42 bits per heavy atom. The first-order chi connectivity index (χ1) is 9.09. The molecule has 1 N–H and O–H groups in total. The van der Waals surface area contributed by atoms with Crippen molar-refractivity contribution in [2.75, 3.05) is 33.7 Å². The minimum Gasteiger partial charge on any atom is -0.469 e. The maximum Gasteiger partial charge on any atom is 0.240 e. The fraction of sp³-hybridized carbons (Fsp3) is 0.643. The summed E-state index contributed by atoms with van der Waals surface area (Å²) in [7, 11) is 3.62. The lowest BCUT2D eigenvalue weighted by atomic mass is 10.1. The summed E-state index contributed by atoms with van der Waals surface area (Å²) in [5.41, 5.74) is 0. The number of nitrogens with one attached hydrogen (secondary N) is 1. The van der Waals surface area contributed by atoms with Crippen LogP contribution in [0.4, 0.5) is 0 Å². The Balaban J connectivity index is 2.04. The van der Waals surface area contributed by atoms with Gasteiger partial charge in [0.15, 0.2) is 0 Å². The highest BCUT2D eigenvalue weighted by Crippen LogP contribution is 2.15. The van der Waals surface area contributed by atoms with Crippen LogP contribution in [-0.4, -0.2) is 61.5 Å². The number of carbonyl (C=O) groups excluding carboxylic acids is 1. The monoisotopic (exact) mass is 265 g/mol. The molecule has 0 aromatic carbocycles.